The number of ether oxygens (including phenoxy) is 2. The average Bonchev–Trinajstić information content (AvgIpc) is 3.14. The maximum absolute atomic E-state index is 12.5. The second-order valence-electron chi connectivity index (χ2n) is 6.97. The molecule has 28 heavy (non-hydrogen) atoms. The Morgan fingerprint density at radius 1 is 1.11 bits per heavy atom. The maximum atomic E-state index is 12.5. The highest BCUT2D eigenvalue weighted by Crippen LogP contribution is 2.32. The Bertz CT molecular complexity index is 1020. The molecule has 8 heteroatoms. The van der Waals surface area contributed by atoms with Crippen LogP contribution < -0.4 is 19.1 Å². The number of aryl methyl sites for hydroxylation is 1. The highest BCUT2D eigenvalue weighted by molar-refractivity contribution is 7.92. The van der Waals surface area contributed by atoms with Crippen molar-refractivity contribution in [2.24, 2.45) is 0 Å². The summed E-state index contributed by atoms with van der Waals surface area (Å²) in [6.07, 6.45) is 1.54. The number of benzene rings is 2. The third-order valence-electron chi connectivity index (χ3n) is 4.97. The summed E-state index contributed by atoms with van der Waals surface area (Å²) in [6.45, 7) is 2.88. The number of fused-ring (bicyclic) bond motifs is 1. The molecule has 1 saturated heterocycles. The standard InChI is InChI=1S/C20H22N2O5S/c1-14-10-16(5-6-17(14)22-8-2-3-9-28(22,24)25)20(23)21-12-15-4-7-18-19(11-15)27-13-26-18/h4-7,10-11H,2-3,8-9,12-13H2,1H3,(H,21,23). The molecule has 2 aliphatic heterocycles. The number of sulfonamides is 1. The topological polar surface area (TPSA) is 84.9 Å². The van der Waals surface area contributed by atoms with Crippen molar-refractivity contribution in [3.8, 4) is 11.5 Å². The quantitative estimate of drug-likeness (QED) is 0.850. The van der Waals surface area contributed by atoms with Gasteiger partial charge in [0.15, 0.2) is 11.5 Å². The highest BCUT2D eigenvalue weighted by atomic mass is 32.2. The lowest BCUT2D eigenvalue weighted by atomic mass is 10.1. The van der Waals surface area contributed by atoms with Gasteiger partial charge in [0.05, 0.1) is 11.4 Å². The van der Waals surface area contributed by atoms with E-state index in [9.17, 15) is 13.2 Å². The van der Waals surface area contributed by atoms with Gasteiger partial charge in [-0.25, -0.2) is 8.42 Å². The van der Waals surface area contributed by atoms with Crippen LogP contribution in [0.5, 0.6) is 11.5 Å². The zero-order chi connectivity index (χ0) is 19.7. The maximum Gasteiger partial charge on any atom is 0.251 e. The molecule has 0 unspecified atom stereocenters. The van der Waals surface area contributed by atoms with E-state index in [1.165, 1.54) is 4.31 Å². The predicted molar refractivity (Wildman–Crippen MR) is 105 cm³/mol. The summed E-state index contributed by atoms with van der Waals surface area (Å²) in [6, 6.07) is 10.7. The molecule has 0 bridgehead atoms. The fraction of sp³-hybridized carbons (Fsp3) is 0.350. The third kappa shape index (κ3) is 3.64. The largest absolute Gasteiger partial charge is 0.454 e. The van der Waals surface area contributed by atoms with Gasteiger partial charge in [0.25, 0.3) is 5.91 Å². The molecule has 0 radical (unpaired) electrons. The van der Waals surface area contributed by atoms with E-state index in [0.29, 0.717) is 42.3 Å². The van der Waals surface area contributed by atoms with Gasteiger partial charge >= 0.3 is 0 Å². The van der Waals surface area contributed by atoms with E-state index in [1.54, 1.807) is 18.2 Å². The molecule has 4 rings (SSSR count). The normalized spacial score (nSPS) is 17.4. The number of anilines is 1. The van der Waals surface area contributed by atoms with Crippen LogP contribution in [0, 0.1) is 6.92 Å². The summed E-state index contributed by atoms with van der Waals surface area (Å²) in [5, 5.41) is 2.88. The van der Waals surface area contributed by atoms with E-state index >= 15 is 0 Å². The first kappa shape index (κ1) is 18.6. The first-order chi connectivity index (χ1) is 13.4. The van der Waals surface area contributed by atoms with Gasteiger partial charge in [-0.1, -0.05) is 6.07 Å². The minimum Gasteiger partial charge on any atom is -0.454 e. The van der Waals surface area contributed by atoms with Crippen LogP contribution in [0.4, 0.5) is 5.69 Å². The molecule has 7 nitrogen and oxygen atoms in total. The summed E-state index contributed by atoms with van der Waals surface area (Å²) in [4.78, 5) is 12.5. The average molecular weight is 402 g/mol. The lowest BCUT2D eigenvalue weighted by Crippen LogP contribution is -2.38. The first-order valence-corrected chi connectivity index (χ1v) is 10.8. The molecule has 1 fully saturated rings. The van der Waals surface area contributed by atoms with Crippen molar-refractivity contribution in [2.75, 3.05) is 23.4 Å². The number of nitrogens with one attached hydrogen (secondary N) is 1. The summed E-state index contributed by atoms with van der Waals surface area (Å²) < 4.78 is 36.7. The SMILES string of the molecule is Cc1cc(C(=O)NCc2ccc3c(c2)OCO3)ccc1N1CCCCS1(=O)=O. The number of carbonyl (C=O) groups excluding carboxylic acids is 1. The van der Waals surface area contributed by atoms with E-state index < -0.39 is 10.0 Å². The molecule has 1 N–H and O–H groups in total. The van der Waals surface area contributed by atoms with Crippen molar-refractivity contribution in [3.63, 3.8) is 0 Å². The van der Waals surface area contributed by atoms with Crippen LogP contribution >= 0.6 is 0 Å². The number of carbonyl (C=O) groups is 1. The first-order valence-electron chi connectivity index (χ1n) is 9.22. The minimum absolute atomic E-state index is 0.171. The van der Waals surface area contributed by atoms with Crippen molar-refractivity contribution < 1.29 is 22.7 Å². The molecule has 0 aromatic heterocycles. The molecule has 0 saturated carbocycles. The molecular formula is C20H22N2O5S. The van der Waals surface area contributed by atoms with Crippen molar-refractivity contribution in [3.05, 3.63) is 53.1 Å². The fourth-order valence-corrected chi connectivity index (χ4v) is 5.17. The van der Waals surface area contributed by atoms with E-state index in [2.05, 4.69) is 5.32 Å². The van der Waals surface area contributed by atoms with Crippen LogP contribution in [0.25, 0.3) is 0 Å². The Labute approximate surface area is 164 Å². The van der Waals surface area contributed by atoms with Gasteiger partial charge in [-0.3, -0.25) is 9.10 Å². The van der Waals surface area contributed by atoms with Gasteiger partial charge in [-0.05, 0) is 61.2 Å². The second kappa shape index (κ2) is 7.35. The third-order valence-corrected chi connectivity index (χ3v) is 6.82. The second-order valence-corrected chi connectivity index (χ2v) is 8.98. The van der Waals surface area contributed by atoms with Crippen LogP contribution in [0.3, 0.4) is 0 Å². The van der Waals surface area contributed by atoms with Crippen molar-refractivity contribution in [1.29, 1.82) is 0 Å². The van der Waals surface area contributed by atoms with Crippen LogP contribution in [0.15, 0.2) is 36.4 Å². The van der Waals surface area contributed by atoms with E-state index in [1.807, 2.05) is 25.1 Å². The molecule has 148 valence electrons. The van der Waals surface area contributed by atoms with Crippen molar-refractivity contribution in [1.82, 2.24) is 5.32 Å². The van der Waals surface area contributed by atoms with E-state index in [0.717, 1.165) is 17.5 Å². The summed E-state index contributed by atoms with van der Waals surface area (Å²) >= 11 is 0. The van der Waals surface area contributed by atoms with Gasteiger partial charge in [0, 0.05) is 18.7 Å². The Kier molecular flexibility index (Phi) is 4.89. The van der Waals surface area contributed by atoms with Gasteiger partial charge in [-0.15, -0.1) is 0 Å². The van der Waals surface area contributed by atoms with E-state index in [4.69, 9.17) is 9.47 Å². The molecule has 2 aromatic rings. The zero-order valence-electron chi connectivity index (χ0n) is 15.6. The minimum atomic E-state index is -3.27. The molecule has 2 heterocycles. The van der Waals surface area contributed by atoms with Crippen molar-refractivity contribution in [2.45, 2.75) is 26.3 Å². The van der Waals surface area contributed by atoms with Gasteiger partial charge in [0.2, 0.25) is 16.8 Å². The summed E-state index contributed by atoms with van der Waals surface area (Å²) in [7, 11) is -3.27. The highest BCUT2D eigenvalue weighted by Gasteiger charge is 2.27. The van der Waals surface area contributed by atoms with Gasteiger partial charge < -0.3 is 14.8 Å². The number of amides is 1. The Balaban J connectivity index is 1.45. The molecule has 0 aliphatic carbocycles. The van der Waals surface area contributed by atoms with Crippen LogP contribution in [0.1, 0.15) is 34.3 Å². The summed E-state index contributed by atoms with van der Waals surface area (Å²) in [5.41, 5.74) is 2.81. The Morgan fingerprint density at radius 3 is 2.71 bits per heavy atom. The molecule has 2 aromatic carbocycles. The molecular weight excluding hydrogens is 380 g/mol. The number of rotatable bonds is 4. The van der Waals surface area contributed by atoms with E-state index in [-0.39, 0.29) is 18.5 Å². The zero-order valence-corrected chi connectivity index (χ0v) is 16.4. The molecule has 0 atom stereocenters. The smallest absolute Gasteiger partial charge is 0.251 e. The predicted octanol–water partition coefficient (Wildman–Crippen LogP) is 2.58. The van der Waals surface area contributed by atoms with Crippen molar-refractivity contribution >= 4 is 21.6 Å². The molecule has 2 aliphatic rings. The molecule has 0 spiro atoms. The van der Waals surface area contributed by atoms with Gasteiger partial charge in [0.1, 0.15) is 0 Å². The molecule has 1 amide bonds. The fourth-order valence-electron chi connectivity index (χ4n) is 3.47. The number of hydrogen-bond donors (Lipinski definition) is 1. The Hall–Kier alpha value is -2.74. The summed E-state index contributed by atoms with van der Waals surface area (Å²) in [5.74, 6) is 1.34. The lowest BCUT2D eigenvalue weighted by Gasteiger charge is -2.29. The van der Waals surface area contributed by atoms with Crippen LogP contribution in [-0.4, -0.2) is 33.4 Å². The lowest BCUT2D eigenvalue weighted by molar-refractivity contribution is 0.0950. The number of hydrogen-bond acceptors (Lipinski definition) is 5. The number of nitrogens with zero attached hydrogens (tertiary/aromatic N) is 1. The Morgan fingerprint density at radius 2 is 1.93 bits per heavy atom. The van der Waals surface area contributed by atoms with Gasteiger partial charge in [-0.2, -0.15) is 0 Å². The monoisotopic (exact) mass is 402 g/mol. The van der Waals surface area contributed by atoms with Crippen LogP contribution in [-0.2, 0) is 16.6 Å². The van der Waals surface area contributed by atoms with Crippen LogP contribution in [0.2, 0.25) is 0 Å².